The Balaban J connectivity index is 2.18. The van der Waals surface area contributed by atoms with Crippen LogP contribution in [0.1, 0.15) is 0 Å². The van der Waals surface area contributed by atoms with Crippen molar-refractivity contribution in [3.05, 3.63) is 18.5 Å². The number of rotatable bonds is 1. The number of fused-ring (bicyclic) bond motifs is 1. The van der Waals surface area contributed by atoms with Crippen LogP contribution in [-0.2, 0) is 0 Å². The Labute approximate surface area is 82.5 Å². The Hall–Kier alpha value is -2.58. The first-order valence-electron chi connectivity index (χ1n) is 4.06. The Bertz CT molecular complexity index is 608. The number of nitrogens with zero attached hydrogens (tertiary/aromatic N) is 8. The molecule has 0 aliphatic heterocycles. The topological polar surface area (TPSA) is 113 Å². The Kier molecular flexibility index (Phi) is 1.40. The van der Waals surface area contributed by atoms with E-state index in [2.05, 4.69) is 30.7 Å². The van der Waals surface area contributed by atoms with Crippen molar-refractivity contribution in [3.63, 3.8) is 0 Å². The maximum absolute atomic E-state index is 5.39. The van der Waals surface area contributed by atoms with Gasteiger partial charge in [-0.2, -0.15) is 4.68 Å². The summed E-state index contributed by atoms with van der Waals surface area (Å²) >= 11 is 0. The van der Waals surface area contributed by atoms with E-state index in [0.717, 1.165) is 0 Å². The SMILES string of the molecule is Nc1ncn(-c2ccc3nnnn3n2)n1. The van der Waals surface area contributed by atoms with Crippen LogP contribution in [0.3, 0.4) is 0 Å². The van der Waals surface area contributed by atoms with Gasteiger partial charge in [-0.3, -0.25) is 0 Å². The molecule has 3 aromatic rings. The molecule has 0 spiro atoms. The van der Waals surface area contributed by atoms with Crippen molar-refractivity contribution in [1.29, 1.82) is 0 Å². The molecule has 3 heterocycles. The summed E-state index contributed by atoms with van der Waals surface area (Å²) in [5, 5.41) is 18.9. The minimum absolute atomic E-state index is 0.189. The fraction of sp³-hybridized carbons (Fsp3) is 0. The van der Waals surface area contributed by atoms with Gasteiger partial charge in [0.05, 0.1) is 0 Å². The molecule has 0 saturated heterocycles. The lowest BCUT2D eigenvalue weighted by Gasteiger charge is -1.97. The predicted octanol–water partition coefficient (Wildman–Crippen LogP) is -1.32. The summed E-state index contributed by atoms with van der Waals surface area (Å²) in [5.41, 5.74) is 5.95. The lowest BCUT2D eigenvalue weighted by atomic mass is 10.5. The highest BCUT2D eigenvalue weighted by molar-refractivity contribution is 5.36. The van der Waals surface area contributed by atoms with Gasteiger partial charge >= 0.3 is 0 Å². The lowest BCUT2D eigenvalue weighted by molar-refractivity contribution is 0.702. The Morgan fingerprint density at radius 2 is 2.13 bits per heavy atom. The Morgan fingerprint density at radius 3 is 2.93 bits per heavy atom. The summed E-state index contributed by atoms with van der Waals surface area (Å²) < 4.78 is 2.74. The smallest absolute Gasteiger partial charge is 0.239 e. The van der Waals surface area contributed by atoms with Crippen LogP contribution in [-0.4, -0.2) is 40.0 Å². The number of aromatic nitrogens is 8. The molecule has 0 radical (unpaired) electrons. The van der Waals surface area contributed by atoms with Crippen molar-refractivity contribution < 1.29 is 0 Å². The van der Waals surface area contributed by atoms with E-state index in [9.17, 15) is 0 Å². The molecule has 0 amide bonds. The summed E-state index contributed by atoms with van der Waals surface area (Å²) in [6.45, 7) is 0. The van der Waals surface area contributed by atoms with Gasteiger partial charge < -0.3 is 5.73 Å². The molecule has 3 rings (SSSR count). The van der Waals surface area contributed by atoms with Gasteiger partial charge in [-0.05, 0) is 22.6 Å². The maximum atomic E-state index is 5.39. The zero-order chi connectivity index (χ0) is 10.3. The molecule has 0 fully saturated rings. The number of hydrogen-bond acceptors (Lipinski definition) is 7. The van der Waals surface area contributed by atoms with Crippen molar-refractivity contribution in [3.8, 4) is 5.82 Å². The van der Waals surface area contributed by atoms with Crippen LogP contribution in [0.4, 0.5) is 5.95 Å². The lowest BCUT2D eigenvalue weighted by Crippen LogP contribution is -2.04. The predicted molar refractivity (Wildman–Crippen MR) is 47.9 cm³/mol. The second-order valence-electron chi connectivity index (χ2n) is 2.77. The average Bonchev–Trinajstić information content (AvgIpc) is 2.84. The van der Waals surface area contributed by atoms with Crippen molar-refractivity contribution >= 4 is 11.6 Å². The van der Waals surface area contributed by atoms with Crippen LogP contribution in [0.2, 0.25) is 0 Å². The summed E-state index contributed by atoms with van der Waals surface area (Å²) in [6, 6.07) is 3.44. The quantitative estimate of drug-likeness (QED) is 0.521. The first-order valence-corrected chi connectivity index (χ1v) is 4.06. The number of nitrogen functional groups attached to an aromatic ring is 1. The second kappa shape index (κ2) is 2.70. The highest BCUT2D eigenvalue weighted by Gasteiger charge is 2.04. The molecular formula is C6H5N9. The van der Waals surface area contributed by atoms with Crippen molar-refractivity contribution in [2.45, 2.75) is 0 Å². The molecule has 15 heavy (non-hydrogen) atoms. The van der Waals surface area contributed by atoms with Gasteiger partial charge in [0.1, 0.15) is 6.33 Å². The minimum Gasteiger partial charge on any atom is -0.366 e. The van der Waals surface area contributed by atoms with Gasteiger partial charge in [0.25, 0.3) is 0 Å². The molecule has 0 saturated carbocycles. The zero-order valence-corrected chi connectivity index (χ0v) is 7.39. The standard InChI is InChI=1S/C6H5N9/c7-6-8-3-14(11-6)5-2-1-4-9-12-13-15(4)10-5/h1-3H,(H2,7,11). The monoisotopic (exact) mass is 203 g/mol. The summed E-state index contributed by atoms with van der Waals surface area (Å²) in [4.78, 5) is 3.79. The first kappa shape index (κ1) is 7.79. The van der Waals surface area contributed by atoms with Crippen LogP contribution in [0.15, 0.2) is 18.5 Å². The number of anilines is 1. The van der Waals surface area contributed by atoms with E-state index in [0.29, 0.717) is 11.5 Å². The van der Waals surface area contributed by atoms with E-state index in [4.69, 9.17) is 5.73 Å². The van der Waals surface area contributed by atoms with Gasteiger partial charge in [-0.25, -0.2) is 4.98 Å². The molecule has 0 atom stereocenters. The summed E-state index contributed by atoms with van der Waals surface area (Å²) in [6.07, 6.45) is 1.47. The van der Waals surface area contributed by atoms with E-state index < -0.39 is 0 Å². The van der Waals surface area contributed by atoms with Crippen molar-refractivity contribution in [1.82, 2.24) is 40.0 Å². The highest BCUT2D eigenvalue weighted by Crippen LogP contribution is 2.03. The molecular weight excluding hydrogens is 198 g/mol. The fourth-order valence-corrected chi connectivity index (χ4v) is 1.15. The first-order chi connectivity index (χ1) is 7.33. The van der Waals surface area contributed by atoms with Gasteiger partial charge in [-0.15, -0.1) is 19.9 Å². The van der Waals surface area contributed by atoms with Crippen molar-refractivity contribution in [2.75, 3.05) is 5.73 Å². The Morgan fingerprint density at radius 1 is 1.20 bits per heavy atom. The number of hydrogen-bond donors (Lipinski definition) is 1. The molecule has 0 bridgehead atoms. The van der Waals surface area contributed by atoms with E-state index in [1.807, 2.05) is 0 Å². The third-order valence-corrected chi connectivity index (χ3v) is 1.80. The van der Waals surface area contributed by atoms with Crippen LogP contribution in [0.25, 0.3) is 11.5 Å². The maximum Gasteiger partial charge on any atom is 0.239 e. The van der Waals surface area contributed by atoms with E-state index in [1.54, 1.807) is 12.1 Å². The third-order valence-electron chi connectivity index (χ3n) is 1.80. The molecule has 3 aromatic heterocycles. The normalized spacial score (nSPS) is 10.9. The molecule has 0 aliphatic carbocycles. The van der Waals surface area contributed by atoms with Gasteiger partial charge in [0.15, 0.2) is 11.5 Å². The van der Waals surface area contributed by atoms with Gasteiger partial charge in [-0.1, -0.05) is 0 Å². The molecule has 74 valence electrons. The molecule has 0 aromatic carbocycles. The molecule has 9 nitrogen and oxygen atoms in total. The van der Waals surface area contributed by atoms with E-state index in [-0.39, 0.29) is 5.95 Å². The third kappa shape index (κ3) is 1.17. The molecule has 0 unspecified atom stereocenters. The van der Waals surface area contributed by atoms with Gasteiger partial charge in [0, 0.05) is 0 Å². The zero-order valence-electron chi connectivity index (χ0n) is 7.39. The number of tetrazole rings is 1. The van der Waals surface area contributed by atoms with Crippen LogP contribution >= 0.6 is 0 Å². The van der Waals surface area contributed by atoms with Crippen LogP contribution < -0.4 is 5.73 Å². The largest absolute Gasteiger partial charge is 0.366 e. The van der Waals surface area contributed by atoms with E-state index >= 15 is 0 Å². The molecule has 9 heteroatoms. The number of nitrogens with two attached hydrogens (primary N) is 1. The van der Waals surface area contributed by atoms with Crippen LogP contribution in [0, 0.1) is 0 Å². The van der Waals surface area contributed by atoms with Crippen molar-refractivity contribution in [2.24, 2.45) is 0 Å². The van der Waals surface area contributed by atoms with E-state index in [1.165, 1.54) is 15.6 Å². The molecule has 0 aliphatic rings. The fourth-order valence-electron chi connectivity index (χ4n) is 1.15. The van der Waals surface area contributed by atoms with Crippen LogP contribution in [0.5, 0.6) is 0 Å². The summed E-state index contributed by atoms with van der Waals surface area (Å²) in [7, 11) is 0. The minimum atomic E-state index is 0.189. The highest BCUT2D eigenvalue weighted by atomic mass is 15.6. The second-order valence-corrected chi connectivity index (χ2v) is 2.77. The molecule has 2 N–H and O–H groups in total. The van der Waals surface area contributed by atoms with Gasteiger partial charge in [0.2, 0.25) is 5.95 Å². The average molecular weight is 203 g/mol. The summed E-state index contributed by atoms with van der Waals surface area (Å²) in [5.74, 6) is 0.729.